The minimum Gasteiger partial charge on any atom is -0.303 e. The lowest BCUT2D eigenvalue weighted by Gasteiger charge is -2.26. The second kappa shape index (κ2) is 11.2. The molecule has 0 bridgehead atoms. The molecule has 4 nitrogen and oxygen atoms in total. The Morgan fingerprint density at radius 3 is 2.15 bits per heavy atom. The Morgan fingerprint density at radius 2 is 1.63 bits per heavy atom. The largest absolute Gasteiger partial charge is 0.303 e. The Balaban J connectivity index is 2.36. The van der Waals surface area contributed by atoms with E-state index in [4.69, 9.17) is 0 Å². The Labute approximate surface area is 168 Å². The highest BCUT2D eigenvalue weighted by Crippen LogP contribution is 2.34. The summed E-state index contributed by atoms with van der Waals surface area (Å²) in [6, 6.07) is 0. The zero-order valence-corrected chi connectivity index (χ0v) is 19.0. The van der Waals surface area contributed by atoms with E-state index in [2.05, 4.69) is 53.4 Å². The maximum atomic E-state index is 12.6. The predicted octanol–water partition coefficient (Wildman–Crippen LogP) is 4.97. The van der Waals surface area contributed by atoms with Crippen molar-refractivity contribution in [2.24, 2.45) is 23.2 Å². The molecule has 4 heteroatoms. The first kappa shape index (κ1) is 24.1. The first-order valence-corrected chi connectivity index (χ1v) is 11.1. The van der Waals surface area contributed by atoms with Crippen LogP contribution in [0.1, 0.15) is 87.0 Å². The molecule has 1 aliphatic heterocycles. The van der Waals surface area contributed by atoms with E-state index in [1.165, 1.54) is 4.90 Å². The molecule has 0 spiro atoms. The molecule has 1 heterocycles. The van der Waals surface area contributed by atoms with Crippen LogP contribution in [0.5, 0.6) is 0 Å². The average Bonchev–Trinajstić information content (AvgIpc) is 2.79. The average molecular weight is 381 g/mol. The minimum absolute atomic E-state index is 0.0399. The smallest absolute Gasteiger partial charge is 0.232 e. The summed E-state index contributed by atoms with van der Waals surface area (Å²) in [6.45, 7) is 19.6. The van der Waals surface area contributed by atoms with Gasteiger partial charge in [-0.15, -0.1) is 0 Å². The van der Waals surface area contributed by atoms with Crippen LogP contribution >= 0.6 is 0 Å². The lowest BCUT2D eigenvalue weighted by Crippen LogP contribution is -2.33. The number of unbranched alkanes of at least 4 members (excludes halogenated alkanes) is 2. The highest BCUT2D eigenvalue weighted by Gasteiger charge is 2.40. The maximum Gasteiger partial charge on any atom is 0.232 e. The van der Waals surface area contributed by atoms with Crippen molar-refractivity contribution < 1.29 is 9.59 Å². The molecule has 0 saturated carbocycles. The number of carbonyl (C=O) groups is 2. The highest BCUT2D eigenvalue weighted by atomic mass is 16.2. The van der Waals surface area contributed by atoms with Gasteiger partial charge in [0, 0.05) is 32.0 Å². The van der Waals surface area contributed by atoms with Gasteiger partial charge >= 0.3 is 0 Å². The van der Waals surface area contributed by atoms with Gasteiger partial charge < -0.3 is 4.90 Å². The van der Waals surface area contributed by atoms with E-state index in [-0.39, 0.29) is 23.1 Å². The molecular formula is C23H44N2O2. The van der Waals surface area contributed by atoms with Crippen LogP contribution in [0.25, 0.3) is 0 Å². The number of likely N-dealkylation sites (tertiary alicyclic amines) is 1. The van der Waals surface area contributed by atoms with Crippen LogP contribution in [-0.2, 0) is 9.59 Å². The van der Waals surface area contributed by atoms with E-state index in [9.17, 15) is 9.59 Å². The van der Waals surface area contributed by atoms with E-state index >= 15 is 0 Å². The molecule has 158 valence electrons. The fourth-order valence-corrected chi connectivity index (χ4v) is 4.03. The molecule has 0 aromatic carbocycles. The summed E-state index contributed by atoms with van der Waals surface area (Å²) in [5.41, 5.74) is 0.132. The SMILES string of the molecule is CCC(C)(C)CC1CC(=O)N(CCCCCN(CC(C)C)CC(C)C)C1=O. The van der Waals surface area contributed by atoms with Crippen LogP contribution in [-0.4, -0.2) is 47.8 Å². The molecular weight excluding hydrogens is 336 g/mol. The lowest BCUT2D eigenvalue weighted by molar-refractivity contribution is -0.139. The van der Waals surface area contributed by atoms with Gasteiger partial charge in [0.1, 0.15) is 0 Å². The van der Waals surface area contributed by atoms with Crippen molar-refractivity contribution in [2.75, 3.05) is 26.2 Å². The second-order valence-corrected chi connectivity index (χ2v) is 10.1. The van der Waals surface area contributed by atoms with Gasteiger partial charge in [-0.05, 0) is 43.1 Å². The molecule has 1 atom stereocenters. The van der Waals surface area contributed by atoms with Gasteiger partial charge in [0.05, 0.1) is 0 Å². The quantitative estimate of drug-likeness (QED) is 0.334. The molecule has 2 amide bonds. The van der Waals surface area contributed by atoms with E-state index in [1.54, 1.807) is 0 Å². The van der Waals surface area contributed by atoms with E-state index in [0.717, 1.165) is 51.7 Å². The fourth-order valence-electron chi connectivity index (χ4n) is 4.03. The molecule has 0 aromatic heterocycles. The van der Waals surface area contributed by atoms with Gasteiger partial charge in [0.15, 0.2) is 0 Å². The summed E-state index contributed by atoms with van der Waals surface area (Å²) >= 11 is 0. The first-order valence-electron chi connectivity index (χ1n) is 11.1. The van der Waals surface area contributed by atoms with Crippen LogP contribution in [0.3, 0.4) is 0 Å². The van der Waals surface area contributed by atoms with Gasteiger partial charge in [-0.25, -0.2) is 0 Å². The fraction of sp³-hybridized carbons (Fsp3) is 0.913. The van der Waals surface area contributed by atoms with Gasteiger partial charge in [0.25, 0.3) is 0 Å². The minimum atomic E-state index is -0.0972. The number of nitrogens with zero attached hydrogens (tertiary/aromatic N) is 2. The van der Waals surface area contributed by atoms with Crippen LogP contribution < -0.4 is 0 Å². The summed E-state index contributed by atoms with van der Waals surface area (Å²) < 4.78 is 0. The van der Waals surface area contributed by atoms with Crippen LogP contribution in [0.4, 0.5) is 0 Å². The summed E-state index contributed by atoms with van der Waals surface area (Å²) in [6.07, 6.45) is 5.42. The Kier molecular flexibility index (Phi) is 10.0. The Hall–Kier alpha value is -0.900. The third kappa shape index (κ3) is 8.76. The molecule has 1 rings (SSSR count). The van der Waals surface area contributed by atoms with Crippen molar-refractivity contribution in [3.05, 3.63) is 0 Å². The zero-order chi connectivity index (χ0) is 20.6. The number of hydrogen-bond donors (Lipinski definition) is 0. The zero-order valence-electron chi connectivity index (χ0n) is 19.0. The topological polar surface area (TPSA) is 40.6 Å². The number of amides is 2. The van der Waals surface area contributed by atoms with Crippen molar-refractivity contribution in [3.63, 3.8) is 0 Å². The number of imide groups is 1. The molecule has 0 aliphatic carbocycles. The van der Waals surface area contributed by atoms with Gasteiger partial charge in [-0.1, -0.05) is 61.3 Å². The highest BCUT2D eigenvalue weighted by molar-refractivity contribution is 6.03. The van der Waals surface area contributed by atoms with Crippen LogP contribution in [0.15, 0.2) is 0 Å². The van der Waals surface area contributed by atoms with Crippen molar-refractivity contribution in [2.45, 2.75) is 87.0 Å². The van der Waals surface area contributed by atoms with E-state index in [0.29, 0.717) is 24.8 Å². The summed E-state index contributed by atoms with van der Waals surface area (Å²) in [7, 11) is 0. The van der Waals surface area contributed by atoms with Gasteiger partial charge in [0.2, 0.25) is 11.8 Å². The molecule has 1 unspecified atom stereocenters. The molecule has 27 heavy (non-hydrogen) atoms. The second-order valence-electron chi connectivity index (χ2n) is 10.1. The standard InChI is InChI=1S/C23H44N2O2/c1-8-23(6,7)15-20-14-21(26)25(22(20)27)13-11-9-10-12-24(16-18(2)3)17-19(4)5/h18-20H,8-17H2,1-7H3. The third-order valence-corrected chi connectivity index (χ3v) is 5.70. The first-order chi connectivity index (χ1) is 12.6. The maximum absolute atomic E-state index is 12.6. The molecule has 1 fully saturated rings. The number of hydrogen-bond acceptors (Lipinski definition) is 3. The molecule has 0 N–H and O–H groups in total. The van der Waals surface area contributed by atoms with E-state index in [1.807, 2.05) is 0 Å². The van der Waals surface area contributed by atoms with Crippen molar-refractivity contribution in [1.82, 2.24) is 9.80 Å². The van der Waals surface area contributed by atoms with Crippen LogP contribution in [0, 0.1) is 23.2 Å². The van der Waals surface area contributed by atoms with Gasteiger partial charge in [-0.2, -0.15) is 0 Å². The van der Waals surface area contributed by atoms with E-state index < -0.39 is 0 Å². The number of carbonyl (C=O) groups excluding carboxylic acids is 2. The monoisotopic (exact) mass is 380 g/mol. The Bertz CT molecular complexity index is 461. The number of rotatable bonds is 13. The molecule has 1 saturated heterocycles. The summed E-state index contributed by atoms with van der Waals surface area (Å²) in [5, 5.41) is 0. The lowest BCUT2D eigenvalue weighted by atomic mass is 9.80. The third-order valence-electron chi connectivity index (χ3n) is 5.70. The van der Waals surface area contributed by atoms with Crippen molar-refractivity contribution >= 4 is 11.8 Å². The predicted molar refractivity (Wildman–Crippen MR) is 113 cm³/mol. The summed E-state index contributed by atoms with van der Waals surface area (Å²) in [4.78, 5) is 29.0. The van der Waals surface area contributed by atoms with Crippen molar-refractivity contribution in [3.8, 4) is 0 Å². The van der Waals surface area contributed by atoms with Crippen LogP contribution in [0.2, 0.25) is 0 Å². The molecule has 0 aromatic rings. The summed E-state index contributed by atoms with van der Waals surface area (Å²) in [5.74, 6) is 1.39. The molecule has 1 aliphatic rings. The molecule has 0 radical (unpaired) electrons. The van der Waals surface area contributed by atoms with Crippen molar-refractivity contribution in [1.29, 1.82) is 0 Å². The van der Waals surface area contributed by atoms with Gasteiger partial charge in [-0.3, -0.25) is 14.5 Å². The normalized spacial score (nSPS) is 18.6. The Morgan fingerprint density at radius 1 is 1.04 bits per heavy atom.